The van der Waals surface area contributed by atoms with Gasteiger partial charge in [0.1, 0.15) is 5.82 Å². The molecule has 2 aliphatic rings. The number of benzene rings is 2. The molecular formula is C22H23Cl2FN2O. The van der Waals surface area contributed by atoms with Gasteiger partial charge in [0.05, 0.1) is 11.1 Å². The zero-order valence-corrected chi connectivity index (χ0v) is 17.2. The van der Waals surface area contributed by atoms with E-state index in [1.54, 1.807) is 30.3 Å². The Morgan fingerprint density at radius 3 is 2.75 bits per heavy atom. The summed E-state index contributed by atoms with van der Waals surface area (Å²) in [7, 11) is 0. The Morgan fingerprint density at radius 2 is 2.00 bits per heavy atom. The lowest BCUT2D eigenvalue weighted by Gasteiger charge is -2.28. The van der Waals surface area contributed by atoms with Crippen LogP contribution in [-0.2, 0) is 4.79 Å². The molecule has 2 unspecified atom stereocenters. The topological polar surface area (TPSA) is 32.3 Å². The molecule has 1 aliphatic carbocycles. The lowest BCUT2D eigenvalue weighted by atomic mass is 9.90. The summed E-state index contributed by atoms with van der Waals surface area (Å²) in [5.74, 6) is -0.116. The lowest BCUT2D eigenvalue weighted by molar-refractivity contribution is -0.120. The van der Waals surface area contributed by atoms with E-state index in [2.05, 4.69) is 10.2 Å². The van der Waals surface area contributed by atoms with Crippen molar-refractivity contribution in [2.45, 2.75) is 38.1 Å². The van der Waals surface area contributed by atoms with E-state index in [-0.39, 0.29) is 16.8 Å². The first-order chi connectivity index (χ1) is 13.4. The van der Waals surface area contributed by atoms with Crippen LogP contribution in [0.5, 0.6) is 0 Å². The summed E-state index contributed by atoms with van der Waals surface area (Å²) in [5.41, 5.74) is 2.16. The summed E-state index contributed by atoms with van der Waals surface area (Å²) in [6.45, 7) is 3.59. The fourth-order valence-corrected chi connectivity index (χ4v) is 4.46. The summed E-state index contributed by atoms with van der Waals surface area (Å²) < 4.78 is 14.7. The Kier molecular flexibility index (Phi) is 5.64. The summed E-state index contributed by atoms with van der Waals surface area (Å²) in [6, 6.07) is 10.0. The standard InChI is InChI=1S/C22H23Cl2FN2O/c1-13-5-8-15(23)11-19(13)26-22(28)21-17(9-10-27(21)12-14-6-7-14)16-3-2-4-18(24)20(16)25/h2-5,8,11,14,17,21H,6-7,9-10,12H2,1H3,(H,26,28). The van der Waals surface area contributed by atoms with E-state index in [4.69, 9.17) is 23.2 Å². The van der Waals surface area contributed by atoms with Crippen LogP contribution in [0.2, 0.25) is 10.0 Å². The Morgan fingerprint density at radius 1 is 1.21 bits per heavy atom. The molecule has 2 aromatic rings. The molecule has 148 valence electrons. The Hall–Kier alpha value is -1.62. The van der Waals surface area contributed by atoms with Gasteiger partial charge in [-0.1, -0.05) is 41.4 Å². The first kappa shape index (κ1) is 19.7. The molecule has 6 heteroatoms. The van der Waals surface area contributed by atoms with E-state index in [0.717, 1.165) is 25.1 Å². The van der Waals surface area contributed by atoms with Crippen LogP contribution < -0.4 is 5.32 Å². The molecule has 1 amide bonds. The van der Waals surface area contributed by atoms with Crippen molar-refractivity contribution in [3.63, 3.8) is 0 Å². The first-order valence-corrected chi connectivity index (χ1v) is 10.4. The van der Waals surface area contributed by atoms with Gasteiger partial charge in [0, 0.05) is 23.2 Å². The number of rotatable bonds is 5. The first-order valence-electron chi connectivity index (χ1n) is 9.69. The number of nitrogens with one attached hydrogen (secondary N) is 1. The smallest absolute Gasteiger partial charge is 0.242 e. The van der Waals surface area contributed by atoms with Crippen LogP contribution >= 0.6 is 23.2 Å². The van der Waals surface area contributed by atoms with E-state index in [9.17, 15) is 9.18 Å². The van der Waals surface area contributed by atoms with Crippen LogP contribution in [0, 0.1) is 18.7 Å². The third-order valence-corrected chi connectivity index (χ3v) is 6.33. The van der Waals surface area contributed by atoms with Crippen LogP contribution in [0.3, 0.4) is 0 Å². The quantitative estimate of drug-likeness (QED) is 0.677. The number of hydrogen-bond donors (Lipinski definition) is 1. The maximum Gasteiger partial charge on any atom is 0.242 e. The number of hydrogen-bond acceptors (Lipinski definition) is 2. The number of carbonyl (C=O) groups excluding carboxylic acids is 1. The van der Waals surface area contributed by atoms with Crippen LogP contribution in [0.1, 0.15) is 36.3 Å². The molecule has 0 spiro atoms. The molecule has 1 N–H and O–H groups in total. The summed E-state index contributed by atoms with van der Waals surface area (Å²) in [6.07, 6.45) is 3.14. The van der Waals surface area contributed by atoms with Gasteiger partial charge in [-0.2, -0.15) is 0 Å². The minimum absolute atomic E-state index is 0.1000. The summed E-state index contributed by atoms with van der Waals surface area (Å²) >= 11 is 12.1. The lowest BCUT2D eigenvalue weighted by Crippen LogP contribution is -2.43. The van der Waals surface area contributed by atoms with Crippen molar-refractivity contribution in [3.05, 3.63) is 63.4 Å². The fraction of sp³-hybridized carbons (Fsp3) is 0.409. The van der Waals surface area contributed by atoms with Gasteiger partial charge in [0.25, 0.3) is 0 Å². The molecule has 4 rings (SSSR count). The Labute approximate surface area is 174 Å². The number of amides is 1. The molecule has 2 aromatic carbocycles. The number of likely N-dealkylation sites (tertiary alicyclic amines) is 1. The van der Waals surface area contributed by atoms with Gasteiger partial charge in [0.2, 0.25) is 5.91 Å². The summed E-state index contributed by atoms with van der Waals surface area (Å²) in [4.78, 5) is 15.5. The van der Waals surface area contributed by atoms with Crippen LogP contribution in [-0.4, -0.2) is 29.9 Å². The number of anilines is 1. The van der Waals surface area contributed by atoms with Crippen molar-refractivity contribution in [1.29, 1.82) is 0 Å². The molecule has 1 saturated carbocycles. The van der Waals surface area contributed by atoms with E-state index < -0.39 is 11.9 Å². The zero-order chi connectivity index (χ0) is 19.8. The van der Waals surface area contributed by atoms with Gasteiger partial charge in [-0.25, -0.2) is 4.39 Å². The monoisotopic (exact) mass is 420 g/mol. The molecule has 0 aromatic heterocycles. The number of nitrogens with zero attached hydrogens (tertiary/aromatic N) is 1. The van der Waals surface area contributed by atoms with Crippen LogP contribution in [0.25, 0.3) is 0 Å². The van der Waals surface area contributed by atoms with Crippen molar-refractivity contribution in [2.75, 3.05) is 18.4 Å². The maximum atomic E-state index is 14.7. The van der Waals surface area contributed by atoms with Crippen molar-refractivity contribution in [1.82, 2.24) is 4.90 Å². The molecule has 1 aliphatic heterocycles. The third-order valence-electron chi connectivity index (χ3n) is 5.80. The predicted molar refractivity (Wildman–Crippen MR) is 112 cm³/mol. The van der Waals surface area contributed by atoms with Crippen molar-refractivity contribution < 1.29 is 9.18 Å². The number of halogens is 3. The molecule has 2 fully saturated rings. The molecular weight excluding hydrogens is 398 g/mol. The molecule has 0 bridgehead atoms. The highest BCUT2D eigenvalue weighted by Crippen LogP contribution is 2.40. The van der Waals surface area contributed by atoms with Crippen molar-refractivity contribution >= 4 is 34.8 Å². The summed E-state index contributed by atoms with van der Waals surface area (Å²) in [5, 5.41) is 3.70. The van der Waals surface area contributed by atoms with E-state index in [0.29, 0.717) is 22.2 Å². The van der Waals surface area contributed by atoms with E-state index in [1.807, 2.05) is 13.0 Å². The normalized spacial score (nSPS) is 22.4. The third kappa shape index (κ3) is 4.05. The Balaban J connectivity index is 1.64. The molecule has 3 nitrogen and oxygen atoms in total. The van der Waals surface area contributed by atoms with Crippen LogP contribution in [0.15, 0.2) is 36.4 Å². The van der Waals surface area contributed by atoms with Gasteiger partial charge >= 0.3 is 0 Å². The highest BCUT2D eigenvalue weighted by Gasteiger charge is 2.43. The van der Waals surface area contributed by atoms with Gasteiger partial charge in [-0.15, -0.1) is 0 Å². The van der Waals surface area contributed by atoms with Gasteiger partial charge in [0.15, 0.2) is 0 Å². The maximum absolute atomic E-state index is 14.7. The highest BCUT2D eigenvalue weighted by molar-refractivity contribution is 6.31. The average molecular weight is 421 g/mol. The second-order valence-corrected chi connectivity index (χ2v) is 8.71. The predicted octanol–water partition coefficient (Wildman–Crippen LogP) is 5.65. The number of aryl methyl sites for hydroxylation is 1. The van der Waals surface area contributed by atoms with E-state index >= 15 is 0 Å². The zero-order valence-electron chi connectivity index (χ0n) is 15.7. The molecule has 2 atom stereocenters. The van der Waals surface area contributed by atoms with Crippen LogP contribution in [0.4, 0.5) is 10.1 Å². The molecule has 1 heterocycles. The highest BCUT2D eigenvalue weighted by atomic mass is 35.5. The Bertz CT molecular complexity index is 900. The minimum Gasteiger partial charge on any atom is -0.324 e. The van der Waals surface area contributed by atoms with Gasteiger partial charge in [-0.3, -0.25) is 9.69 Å². The van der Waals surface area contributed by atoms with Crippen molar-refractivity contribution in [2.24, 2.45) is 5.92 Å². The largest absolute Gasteiger partial charge is 0.324 e. The fourth-order valence-electron chi connectivity index (χ4n) is 4.11. The molecule has 1 saturated heterocycles. The number of carbonyl (C=O) groups is 1. The second-order valence-electron chi connectivity index (χ2n) is 7.87. The average Bonchev–Trinajstić information content (AvgIpc) is 3.38. The molecule has 28 heavy (non-hydrogen) atoms. The minimum atomic E-state index is -0.424. The second kappa shape index (κ2) is 8.02. The van der Waals surface area contributed by atoms with E-state index in [1.165, 1.54) is 12.8 Å². The van der Waals surface area contributed by atoms with Gasteiger partial charge in [-0.05, 0) is 68.0 Å². The SMILES string of the molecule is Cc1ccc(Cl)cc1NC(=O)C1C(c2cccc(Cl)c2F)CCN1CC1CC1. The molecule has 0 radical (unpaired) electrons. The van der Waals surface area contributed by atoms with Crippen molar-refractivity contribution in [3.8, 4) is 0 Å². The van der Waals surface area contributed by atoms with Gasteiger partial charge < -0.3 is 5.32 Å².